The fraction of sp³-hybridized carbons (Fsp3) is 0.538. The third-order valence-electron chi connectivity index (χ3n) is 2.98. The summed E-state index contributed by atoms with van der Waals surface area (Å²) in [6.07, 6.45) is 0. The lowest BCUT2D eigenvalue weighted by Crippen LogP contribution is -2.36. The van der Waals surface area contributed by atoms with Gasteiger partial charge in [0.25, 0.3) is 5.69 Å². The second-order valence-electron chi connectivity index (χ2n) is 5.37. The molecule has 0 amide bonds. The van der Waals surface area contributed by atoms with Crippen molar-refractivity contribution in [1.29, 1.82) is 0 Å². The number of methoxy groups -OCH3 is 1. The van der Waals surface area contributed by atoms with Crippen LogP contribution in [0, 0.1) is 15.5 Å². The minimum Gasteiger partial charge on any atom is -0.496 e. The lowest BCUT2D eigenvalue weighted by Gasteiger charge is -2.30. The van der Waals surface area contributed by atoms with Crippen LogP contribution in [0.1, 0.15) is 13.8 Å². The molecule has 0 aliphatic carbocycles. The summed E-state index contributed by atoms with van der Waals surface area (Å²) in [7, 11) is 3.38. The van der Waals surface area contributed by atoms with Crippen molar-refractivity contribution in [3.8, 4) is 5.75 Å². The summed E-state index contributed by atoms with van der Waals surface area (Å²) >= 11 is 0. The molecule has 0 heterocycles. The molecule has 0 atom stereocenters. The molecule has 0 bridgehead atoms. The molecule has 1 aromatic rings. The van der Waals surface area contributed by atoms with Crippen LogP contribution in [0.15, 0.2) is 18.2 Å². The van der Waals surface area contributed by atoms with Crippen LogP contribution in [0.3, 0.4) is 0 Å². The SMILES string of the molecule is COc1cc(N(C)CC(C)(C)CN)cc([N+](=O)[O-])c1. The standard InChI is InChI=1S/C13H21N3O3/c1-13(2,8-14)9-15(3)10-5-11(16(17)18)7-12(6-10)19-4/h5-7H,8-9,14H2,1-4H3. The molecule has 0 aliphatic rings. The fourth-order valence-corrected chi connectivity index (χ4v) is 1.81. The number of nitrogens with zero attached hydrogens (tertiary/aromatic N) is 2. The zero-order valence-corrected chi connectivity index (χ0v) is 11.8. The van der Waals surface area contributed by atoms with Gasteiger partial charge in [0.05, 0.1) is 18.1 Å². The quantitative estimate of drug-likeness (QED) is 0.630. The first-order valence-electron chi connectivity index (χ1n) is 6.04. The van der Waals surface area contributed by atoms with Crippen LogP contribution >= 0.6 is 0 Å². The van der Waals surface area contributed by atoms with Crippen molar-refractivity contribution >= 4 is 11.4 Å². The Morgan fingerprint density at radius 3 is 2.53 bits per heavy atom. The van der Waals surface area contributed by atoms with E-state index >= 15 is 0 Å². The summed E-state index contributed by atoms with van der Waals surface area (Å²) in [4.78, 5) is 12.4. The highest BCUT2D eigenvalue weighted by Gasteiger charge is 2.20. The summed E-state index contributed by atoms with van der Waals surface area (Å²) in [6.45, 7) is 5.35. The summed E-state index contributed by atoms with van der Waals surface area (Å²) in [5, 5.41) is 10.9. The van der Waals surface area contributed by atoms with E-state index in [9.17, 15) is 10.1 Å². The maximum Gasteiger partial charge on any atom is 0.275 e. The molecule has 0 saturated heterocycles. The smallest absolute Gasteiger partial charge is 0.275 e. The Morgan fingerprint density at radius 2 is 2.05 bits per heavy atom. The van der Waals surface area contributed by atoms with E-state index in [-0.39, 0.29) is 11.1 Å². The van der Waals surface area contributed by atoms with E-state index in [1.807, 2.05) is 11.9 Å². The lowest BCUT2D eigenvalue weighted by molar-refractivity contribution is -0.384. The van der Waals surface area contributed by atoms with Gasteiger partial charge in [0.2, 0.25) is 0 Å². The Hall–Kier alpha value is -1.82. The van der Waals surface area contributed by atoms with Crippen molar-refractivity contribution in [3.63, 3.8) is 0 Å². The normalized spacial score (nSPS) is 11.2. The second kappa shape index (κ2) is 5.88. The highest BCUT2D eigenvalue weighted by atomic mass is 16.6. The maximum atomic E-state index is 10.9. The molecule has 0 spiro atoms. The van der Waals surface area contributed by atoms with Crippen LogP contribution in [0.5, 0.6) is 5.75 Å². The van der Waals surface area contributed by atoms with Gasteiger partial charge in [0, 0.05) is 31.4 Å². The molecule has 0 aromatic heterocycles. The van der Waals surface area contributed by atoms with Crippen LogP contribution in [-0.2, 0) is 0 Å². The minimum atomic E-state index is -0.423. The van der Waals surface area contributed by atoms with Gasteiger partial charge in [-0.05, 0) is 12.0 Å². The molecule has 6 nitrogen and oxygen atoms in total. The maximum absolute atomic E-state index is 10.9. The zero-order valence-electron chi connectivity index (χ0n) is 11.8. The van der Waals surface area contributed by atoms with E-state index in [1.165, 1.54) is 19.2 Å². The number of non-ortho nitro benzene ring substituents is 1. The van der Waals surface area contributed by atoms with E-state index in [2.05, 4.69) is 13.8 Å². The number of benzene rings is 1. The van der Waals surface area contributed by atoms with Gasteiger partial charge in [-0.2, -0.15) is 0 Å². The highest BCUT2D eigenvalue weighted by Crippen LogP contribution is 2.29. The Bertz CT molecular complexity index is 460. The van der Waals surface area contributed by atoms with Crippen molar-refractivity contribution in [1.82, 2.24) is 0 Å². The molecule has 106 valence electrons. The van der Waals surface area contributed by atoms with Gasteiger partial charge in [-0.3, -0.25) is 10.1 Å². The number of ether oxygens (including phenoxy) is 1. The van der Waals surface area contributed by atoms with Crippen molar-refractivity contribution < 1.29 is 9.66 Å². The Kier molecular flexibility index (Phi) is 4.72. The number of anilines is 1. The predicted octanol–water partition coefficient (Wildman–Crippen LogP) is 2.02. The van der Waals surface area contributed by atoms with Crippen molar-refractivity contribution in [2.24, 2.45) is 11.1 Å². The second-order valence-corrected chi connectivity index (χ2v) is 5.37. The van der Waals surface area contributed by atoms with E-state index in [4.69, 9.17) is 10.5 Å². The van der Waals surface area contributed by atoms with Crippen LogP contribution in [0.25, 0.3) is 0 Å². The van der Waals surface area contributed by atoms with E-state index in [0.717, 1.165) is 5.69 Å². The van der Waals surface area contributed by atoms with Gasteiger partial charge < -0.3 is 15.4 Å². The fourth-order valence-electron chi connectivity index (χ4n) is 1.81. The van der Waals surface area contributed by atoms with Gasteiger partial charge in [-0.25, -0.2) is 0 Å². The first-order chi connectivity index (χ1) is 8.79. The first-order valence-corrected chi connectivity index (χ1v) is 6.04. The molecule has 0 aliphatic heterocycles. The topological polar surface area (TPSA) is 81.6 Å². The summed E-state index contributed by atoms with van der Waals surface area (Å²) in [6, 6.07) is 4.72. The highest BCUT2D eigenvalue weighted by molar-refractivity contribution is 5.57. The van der Waals surface area contributed by atoms with Crippen molar-refractivity contribution in [2.75, 3.05) is 32.1 Å². The number of hydrogen-bond donors (Lipinski definition) is 1. The first kappa shape index (κ1) is 15.2. The molecule has 6 heteroatoms. The zero-order chi connectivity index (χ0) is 14.6. The molecule has 19 heavy (non-hydrogen) atoms. The molecule has 1 rings (SSSR count). The molecule has 0 unspecified atom stereocenters. The molecule has 0 fully saturated rings. The Morgan fingerprint density at radius 1 is 1.42 bits per heavy atom. The van der Waals surface area contributed by atoms with Gasteiger partial charge in [0.15, 0.2) is 0 Å². The van der Waals surface area contributed by atoms with Gasteiger partial charge in [-0.1, -0.05) is 13.8 Å². The van der Waals surface area contributed by atoms with Gasteiger partial charge >= 0.3 is 0 Å². The van der Waals surface area contributed by atoms with Crippen LogP contribution in [-0.4, -0.2) is 32.2 Å². The van der Waals surface area contributed by atoms with Gasteiger partial charge in [-0.15, -0.1) is 0 Å². The van der Waals surface area contributed by atoms with Crippen molar-refractivity contribution in [2.45, 2.75) is 13.8 Å². The average molecular weight is 267 g/mol. The third kappa shape index (κ3) is 4.10. The monoisotopic (exact) mass is 267 g/mol. The largest absolute Gasteiger partial charge is 0.496 e. The van der Waals surface area contributed by atoms with Gasteiger partial charge in [0.1, 0.15) is 5.75 Å². The van der Waals surface area contributed by atoms with E-state index < -0.39 is 4.92 Å². The third-order valence-corrected chi connectivity index (χ3v) is 2.98. The molecule has 0 saturated carbocycles. The van der Waals surface area contributed by atoms with Crippen LogP contribution < -0.4 is 15.4 Å². The van der Waals surface area contributed by atoms with Crippen LogP contribution in [0.2, 0.25) is 0 Å². The molecule has 2 N–H and O–H groups in total. The molecule has 0 radical (unpaired) electrons. The minimum absolute atomic E-state index is 0.0201. The van der Waals surface area contributed by atoms with Crippen molar-refractivity contribution in [3.05, 3.63) is 28.3 Å². The molecule has 1 aromatic carbocycles. The average Bonchev–Trinajstić information content (AvgIpc) is 2.37. The van der Waals surface area contributed by atoms with E-state index in [1.54, 1.807) is 6.07 Å². The number of nitrogens with two attached hydrogens (primary N) is 1. The molecular weight excluding hydrogens is 246 g/mol. The lowest BCUT2D eigenvalue weighted by atomic mass is 9.93. The summed E-state index contributed by atoms with van der Waals surface area (Å²) in [5.74, 6) is 0.474. The summed E-state index contributed by atoms with van der Waals surface area (Å²) in [5.41, 5.74) is 6.41. The predicted molar refractivity (Wildman–Crippen MR) is 75.8 cm³/mol. The van der Waals surface area contributed by atoms with Crippen LogP contribution in [0.4, 0.5) is 11.4 Å². The summed E-state index contributed by atoms with van der Waals surface area (Å²) < 4.78 is 5.10. The molecular formula is C13H21N3O3. The number of rotatable bonds is 6. The number of hydrogen-bond acceptors (Lipinski definition) is 5. The Balaban J connectivity index is 3.05. The van der Waals surface area contributed by atoms with E-state index in [0.29, 0.717) is 18.8 Å². The number of nitro benzene ring substituents is 1. The number of nitro groups is 1. The Labute approximate surface area is 113 Å².